The van der Waals surface area contributed by atoms with Crippen LogP contribution in [0.1, 0.15) is 12.0 Å². The molecule has 2 bridgehead atoms. The summed E-state index contributed by atoms with van der Waals surface area (Å²) < 4.78 is 6.00. The lowest BCUT2D eigenvalue weighted by atomic mass is 9.63. The first kappa shape index (κ1) is 15.3. The normalized spacial score (nSPS) is 37.6. The molecule has 6 heteroatoms. The summed E-state index contributed by atoms with van der Waals surface area (Å²) in [6.45, 7) is 0. The molecule has 1 aromatic rings. The molecule has 6 rings (SSSR count). The van der Waals surface area contributed by atoms with E-state index in [1.165, 1.54) is 6.42 Å². The van der Waals surface area contributed by atoms with Gasteiger partial charge < -0.3 is 4.74 Å². The van der Waals surface area contributed by atoms with Crippen LogP contribution in [0.2, 0.25) is 0 Å². The number of rotatable bonds is 3. The number of hydrogen-bond acceptors (Lipinski definition) is 4. The third-order valence-electron chi connectivity index (χ3n) is 6.14. The maximum Gasteiger partial charge on any atom is 0.254 e. The molecule has 4 aliphatic carbocycles. The Morgan fingerprint density at radius 3 is 2.36 bits per heavy atom. The van der Waals surface area contributed by atoms with Gasteiger partial charge in [0.25, 0.3) is 11.8 Å². The maximum absolute atomic E-state index is 12.8. The molecule has 5 aliphatic rings. The van der Waals surface area contributed by atoms with E-state index in [9.17, 15) is 9.59 Å². The van der Waals surface area contributed by atoms with Gasteiger partial charge >= 0.3 is 0 Å². The van der Waals surface area contributed by atoms with Crippen molar-refractivity contribution in [2.24, 2.45) is 40.6 Å². The van der Waals surface area contributed by atoms with Gasteiger partial charge in [-0.25, -0.2) is 0 Å². The largest absolute Gasteiger partial charge is 0.496 e. The smallest absolute Gasteiger partial charge is 0.254 e. The van der Waals surface area contributed by atoms with E-state index in [-0.39, 0.29) is 35.5 Å². The highest BCUT2D eigenvalue weighted by atomic mass is 79.9. The van der Waals surface area contributed by atoms with Crippen molar-refractivity contribution in [3.63, 3.8) is 0 Å². The Kier molecular flexibility index (Phi) is 3.23. The Bertz CT molecular complexity index is 813. The molecule has 2 amide bonds. The van der Waals surface area contributed by atoms with E-state index in [1.54, 1.807) is 13.3 Å². The summed E-state index contributed by atoms with van der Waals surface area (Å²) in [5, 5.41) is 5.34. The summed E-state index contributed by atoms with van der Waals surface area (Å²) in [4.78, 5) is 25.6. The summed E-state index contributed by atoms with van der Waals surface area (Å²) in [7, 11) is 1.60. The van der Waals surface area contributed by atoms with Gasteiger partial charge in [-0.15, -0.1) is 0 Å². The van der Waals surface area contributed by atoms with E-state index >= 15 is 0 Å². The molecule has 0 aromatic heterocycles. The number of amides is 2. The minimum Gasteiger partial charge on any atom is -0.496 e. The van der Waals surface area contributed by atoms with Crippen molar-refractivity contribution in [3.8, 4) is 5.75 Å². The van der Waals surface area contributed by atoms with Crippen molar-refractivity contribution in [1.82, 2.24) is 5.01 Å². The number of hydrazone groups is 1. The number of carbonyl (C=O) groups excluding carboxylic acids is 2. The predicted molar refractivity (Wildman–Crippen MR) is 94.8 cm³/mol. The van der Waals surface area contributed by atoms with Crippen molar-refractivity contribution in [2.75, 3.05) is 7.11 Å². The number of ether oxygens (including phenoxy) is 1. The van der Waals surface area contributed by atoms with E-state index in [1.807, 2.05) is 18.2 Å². The van der Waals surface area contributed by atoms with Crippen LogP contribution in [0.3, 0.4) is 0 Å². The van der Waals surface area contributed by atoms with Gasteiger partial charge in [-0.05, 0) is 69.8 Å². The van der Waals surface area contributed by atoms with Crippen molar-refractivity contribution in [3.05, 3.63) is 40.4 Å². The van der Waals surface area contributed by atoms with Crippen LogP contribution < -0.4 is 4.74 Å². The maximum atomic E-state index is 12.8. The second kappa shape index (κ2) is 5.27. The van der Waals surface area contributed by atoms with Gasteiger partial charge in [-0.1, -0.05) is 12.2 Å². The Morgan fingerprint density at radius 2 is 1.80 bits per heavy atom. The monoisotopic (exact) mass is 400 g/mol. The SMILES string of the molecule is COc1ccc(/C=N\N2C(=O)[C@@H]3[C@H]4C=C[C@@H]([C@@H]5C[C@@H]45)[C@H]3C2=O)cc1Br. The number of nitrogens with zero attached hydrogens (tertiary/aromatic N) is 2. The summed E-state index contributed by atoms with van der Waals surface area (Å²) >= 11 is 3.43. The first-order valence-electron chi connectivity index (χ1n) is 8.54. The molecule has 1 heterocycles. The fourth-order valence-electron chi connectivity index (χ4n) is 4.94. The Hall–Kier alpha value is -1.95. The van der Waals surface area contributed by atoms with E-state index in [0.29, 0.717) is 11.8 Å². The van der Waals surface area contributed by atoms with E-state index in [2.05, 4.69) is 33.2 Å². The van der Waals surface area contributed by atoms with Crippen molar-refractivity contribution in [2.45, 2.75) is 6.42 Å². The zero-order valence-corrected chi connectivity index (χ0v) is 15.2. The molecular formula is C19H17BrN2O3. The number of allylic oxidation sites excluding steroid dienone is 2. The molecule has 3 fully saturated rings. The second-order valence-electron chi connectivity index (χ2n) is 7.28. The Morgan fingerprint density at radius 1 is 1.16 bits per heavy atom. The van der Waals surface area contributed by atoms with Crippen LogP contribution in [0.25, 0.3) is 0 Å². The lowest BCUT2D eigenvalue weighted by Gasteiger charge is -2.37. The van der Waals surface area contributed by atoms with Crippen LogP contribution in [0.4, 0.5) is 0 Å². The summed E-state index contributed by atoms with van der Waals surface area (Å²) in [5.74, 6) is 1.71. The highest BCUT2D eigenvalue weighted by Crippen LogP contribution is 2.65. The van der Waals surface area contributed by atoms with Crippen molar-refractivity contribution >= 4 is 34.0 Å². The van der Waals surface area contributed by atoms with Crippen LogP contribution in [0.5, 0.6) is 5.75 Å². The molecule has 0 unspecified atom stereocenters. The molecule has 0 radical (unpaired) electrons. The fourth-order valence-corrected chi connectivity index (χ4v) is 5.50. The highest BCUT2D eigenvalue weighted by Gasteiger charge is 2.67. The number of methoxy groups -OCH3 is 1. The van der Waals surface area contributed by atoms with Gasteiger partial charge in [0, 0.05) is 0 Å². The zero-order valence-electron chi connectivity index (χ0n) is 13.6. The first-order chi connectivity index (χ1) is 12.1. The molecule has 0 N–H and O–H groups in total. The molecule has 2 saturated carbocycles. The lowest BCUT2D eigenvalue weighted by molar-refractivity contribution is -0.140. The molecule has 25 heavy (non-hydrogen) atoms. The molecule has 6 atom stereocenters. The van der Waals surface area contributed by atoms with Crippen LogP contribution in [0, 0.1) is 35.5 Å². The molecule has 1 aromatic carbocycles. The first-order valence-corrected chi connectivity index (χ1v) is 9.33. The minimum atomic E-state index is -0.203. The topological polar surface area (TPSA) is 59.0 Å². The van der Waals surface area contributed by atoms with Gasteiger partial charge in [0.15, 0.2) is 0 Å². The number of carbonyl (C=O) groups is 2. The summed E-state index contributed by atoms with van der Waals surface area (Å²) in [6, 6.07) is 5.50. The molecule has 128 valence electrons. The van der Waals surface area contributed by atoms with E-state index in [0.717, 1.165) is 20.8 Å². The van der Waals surface area contributed by atoms with Gasteiger partial charge in [0.2, 0.25) is 0 Å². The number of hydrogen-bond donors (Lipinski definition) is 0. The lowest BCUT2D eigenvalue weighted by Crippen LogP contribution is -2.40. The van der Waals surface area contributed by atoms with E-state index in [4.69, 9.17) is 4.74 Å². The second-order valence-corrected chi connectivity index (χ2v) is 8.14. The van der Waals surface area contributed by atoms with Crippen LogP contribution >= 0.6 is 15.9 Å². The standard InChI is InChI=1S/C19H17BrN2O3/c1-25-15-5-2-9(6-14(15)20)8-21-22-18(23)16-10-3-4-11(13-7-12(10)13)17(16)19(22)24/h2-6,8,10-13,16-17H,7H2,1H3/b21-8-/t10-,11-,12-,13-,16+,17+/m0/s1. The van der Waals surface area contributed by atoms with Gasteiger partial charge in [-0.2, -0.15) is 10.1 Å². The van der Waals surface area contributed by atoms with Gasteiger partial charge in [0.1, 0.15) is 5.75 Å². The van der Waals surface area contributed by atoms with Gasteiger partial charge in [0.05, 0.1) is 29.6 Å². The molecule has 0 spiro atoms. The number of imide groups is 1. The molecule has 1 saturated heterocycles. The number of benzene rings is 1. The Balaban J connectivity index is 1.41. The third-order valence-corrected chi connectivity index (χ3v) is 6.76. The molecule has 5 nitrogen and oxygen atoms in total. The van der Waals surface area contributed by atoms with Crippen LogP contribution in [0.15, 0.2) is 39.9 Å². The quantitative estimate of drug-likeness (QED) is 0.445. The van der Waals surface area contributed by atoms with Crippen molar-refractivity contribution in [1.29, 1.82) is 0 Å². The minimum absolute atomic E-state index is 0.136. The highest BCUT2D eigenvalue weighted by molar-refractivity contribution is 9.10. The zero-order chi connectivity index (χ0) is 17.3. The van der Waals surface area contributed by atoms with Crippen LogP contribution in [-0.2, 0) is 9.59 Å². The van der Waals surface area contributed by atoms with Gasteiger partial charge in [-0.3, -0.25) is 9.59 Å². The van der Waals surface area contributed by atoms with Crippen molar-refractivity contribution < 1.29 is 14.3 Å². The average molecular weight is 401 g/mol. The Labute approximate surface area is 153 Å². The third kappa shape index (κ3) is 2.09. The number of halogens is 1. The fraction of sp³-hybridized carbons (Fsp3) is 0.421. The van der Waals surface area contributed by atoms with Crippen LogP contribution in [-0.4, -0.2) is 30.1 Å². The van der Waals surface area contributed by atoms with E-state index < -0.39 is 0 Å². The average Bonchev–Trinajstić information content (AvgIpc) is 3.39. The predicted octanol–water partition coefficient (Wildman–Crippen LogP) is 2.84. The summed E-state index contributed by atoms with van der Waals surface area (Å²) in [5.41, 5.74) is 0.798. The molecule has 1 aliphatic heterocycles. The summed E-state index contributed by atoms with van der Waals surface area (Å²) in [6.07, 6.45) is 7.06. The molecular weight excluding hydrogens is 384 g/mol.